The highest BCUT2D eigenvalue weighted by Crippen LogP contribution is 2.35. The molecule has 0 radical (unpaired) electrons. The number of urea groups is 1. The van der Waals surface area contributed by atoms with Gasteiger partial charge >= 0.3 is 6.03 Å². The van der Waals surface area contributed by atoms with Gasteiger partial charge in [-0.15, -0.1) is 0 Å². The topological polar surface area (TPSA) is 61.4 Å². The minimum absolute atomic E-state index is 0.00904. The third-order valence-electron chi connectivity index (χ3n) is 3.70. The van der Waals surface area contributed by atoms with E-state index in [-0.39, 0.29) is 24.7 Å². The van der Waals surface area contributed by atoms with Gasteiger partial charge in [-0.1, -0.05) is 23.7 Å². The molecule has 6 heteroatoms. The third-order valence-corrected chi connectivity index (χ3v) is 4.79. The van der Waals surface area contributed by atoms with Gasteiger partial charge in [0.05, 0.1) is 6.04 Å². The standard InChI is InChI=1S/C15H21ClN2O2S/c1-21-9-10(7-8-19)17-15(20)18-14-6-5-11-12(14)3-2-4-13(11)16/h2-4,10,14,19H,5-9H2,1H3,(H2,17,18,20). The van der Waals surface area contributed by atoms with Gasteiger partial charge in [-0.25, -0.2) is 4.79 Å². The van der Waals surface area contributed by atoms with Crippen molar-refractivity contribution in [2.45, 2.75) is 31.3 Å². The Morgan fingerprint density at radius 2 is 2.38 bits per heavy atom. The smallest absolute Gasteiger partial charge is 0.315 e. The van der Waals surface area contributed by atoms with Gasteiger partial charge in [-0.05, 0) is 42.7 Å². The van der Waals surface area contributed by atoms with Crippen LogP contribution in [0.5, 0.6) is 0 Å². The van der Waals surface area contributed by atoms with E-state index in [1.54, 1.807) is 11.8 Å². The summed E-state index contributed by atoms with van der Waals surface area (Å²) >= 11 is 7.83. The van der Waals surface area contributed by atoms with Crippen molar-refractivity contribution in [3.8, 4) is 0 Å². The first kappa shape index (κ1) is 16.5. The number of carbonyl (C=O) groups is 1. The van der Waals surface area contributed by atoms with Gasteiger partial charge in [-0.2, -0.15) is 11.8 Å². The van der Waals surface area contributed by atoms with Crippen LogP contribution in [0.2, 0.25) is 5.02 Å². The number of nitrogens with one attached hydrogen (secondary N) is 2. The van der Waals surface area contributed by atoms with Crippen molar-refractivity contribution in [1.29, 1.82) is 0 Å². The van der Waals surface area contributed by atoms with E-state index in [0.29, 0.717) is 6.42 Å². The van der Waals surface area contributed by atoms with Crippen molar-refractivity contribution in [2.24, 2.45) is 0 Å². The molecule has 0 aromatic heterocycles. The summed E-state index contributed by atoms with van der Waals surface area (Å²) in [5.74, 6) is 0.793. The number of carbonyl (C=O) groups excluding carboxylic acids is 1. The molecule has 21 heavy (non-hydrogen) atoms. The van der Waals surface area contributed by atoms with Crippen molar-refractivity contribution in [3.63, 3.8) is 0 Å². The summed E-state index contributed by atoms with van der Waals surface area (Å²) in [6, 6.07) is 5.65. The van der Waals surface area contributed by atoms with Crippen LogP contribution in [0.15, 0.2) is 18.2 Å². The molecule has 0 saturated carbocycles. The van der Waals surface area contributed by atoms with Gasteiger partial charge in [0.15, 0.2) is 0 Å². The van der Waals surface area contributed by atoms with Crippen LogP contribution in [0, 0.1) is 0 Å². The van der Waals surface area contributed by atoms with Crippen LogP contribution in [0.1, 0.15) is 30.0 Å². The van der Waals surface area contributed by atoms with Gasteiger partial charge in [-0.3, -0.25) is 0 Å². The Kier molecular flexibility index (Phi) is 6.21. The van der Waals surface area contributed by atoms with Crippen LogP contribution in [0.4, 0.5) is 4.79 Å². The van der Waals surface area contributed by atoms with Crippen LogP contribution in [-0.4, -0.2) is 35.8 Å². The summed E-state index contributed by atoms with van der Waals surface area (Å²) in [4.78, 5) is 12.1. The van der Waals surface area contributed by atoms with Crippen molar-refractivity contribution in [3.05, 3.63) is 34.3 Å². The highest BCUT2D eigenvalue weighted by Gasteiger charge is 2.25. The number of fused-ring (bicyclic) bond motifs is 1. The zero-order valence-corrected chi connectivity index (χ0v) is 13.6. The molecule has 0 bridgehead atoms. The summed E-state index contributed by atoms with van der Waals surface area (Å²) in [6.45, 7) is 0.0768. The molecule has 0 spiro atoms. The molecule has 4 nitrogen and oxygen atoms in total. The zero-order valence-electron chi connectivity index (χ0n) is 12.1. The Balaban J connectivity index is 1.94. The largest absolute Gasteiger partial charge is 0.396 e. The predicted octanol–water partition coefficient (Wildman–Crippen LogP) is 2.74. The highest BCUT2D eigenvalue weighted by molar-refractivity contribution is 7.98. The SMILES string of the molecule is CSCC(CCO)NC(=O)NC1CCc2c(Cl)cccc21. The Labute approximate surface area is 134 Å². The molecule has 116 valence electrons. The van der Waals surface area contributed by atoms with Crippen molar-refractivity contribution in [1.82, 2.24) is 10.6 Å². The van der Waals surface area contributed by atoms with Gasteiger partial charge in [0.25, 0.3) is 0 Å². The van der Waals surface area contributed by atoms with Crippen molar-refractivity contribution in [2.75, 3.05) is 18.6 Å². The lowest BCUT2D eigenvalue weighted by Gasteiger charge is -2.20. The molecule has 1 aromatic carbocycles. The minimum atomic E-state index is -0.180. The maximum Gasteiger partial charge on any atom is 0.315 e. The van der Waals surface area contributed by atoms with E-state index in [1.165, 1.54) is 0 Å². The second kappa shape index (κ2) is 7.92. The predicted molar refractivity (Wildman–Crippen MR) is 88.1 cm³/mol. The molecular formula is C15H21ClN2O2S. The number of hydrogen-bond donors (Lipinski definition) is 3. The van der Waals surface area contributed by atoms with Crippen molar-refractivity contribution >= 4 is 29.4 Å². The highest BCUT2D eigenvalue weighted by atomic mass is 35.5. The first-order chi connectivity index (χ1) is 10.2. The summed E-state index contributed by atoms with van der Waals surface area (Å²) in [6.07, 6.45) is 4.32. The Hall–Kier alpha value is -0.910. The molecule has 0 saturated heterocycles. The number of aliphatic hydroxyl groups excluding tert-OH is 1. The molecule has 0 aliphatic heterocycles. The monoisotopic (exact) mass is 328 g/mol. The first-order valence-corrected chi connectivity index (χ1v) is 8.87. The Morgan fingerprint density at radius 1 is 1.57 bits per heavy atom. The fourth-order valence-electron chi connectivity index (χ4n) is 2.70. The first-order valence-electron chi connectivity index (χ1n) is 7.09. The average Bonchev–Trinajstić information content (AvgIpc) is 2.84. The number of thioether (sulfide) groups is 1. The van der Waals surface area contributed by atoms with Gasteiger partial charge in [0.2, 0.25) is 0 Å². The van der Waals surface area contributed by atoms with Crippen LogP contribution in [0.3, 0.4) is 0 Å². The van der Waals surface area contributed by atoms with E-state index in [4.69, 9.17) is 16.7 Å². The van der Waals surface area contributed by atoms with E-state index in [2.05, 4.69) is 10.6 Å². The summed E-state index contributed by atoms with van der Waals surface area (Å²) in [7, 11) is 0. The number of halogens is 1. The lowest BCUT2D eigenvalue weighted by atomic mass is 10.1. The fraction of sp³-hybridized carbons (Fsp3) is 0.533. The Morgan fingerprint density at radius 3 is 3.10 bits per heavy atom. The molecule has 3 N–H and O–H groups in total. The van der Waals surface area contributed by atoms with Crippen molar-refractivity contribution < 1.29 is 9.90 Å². The number of aliphatic hydroxyl groups is 1. The molecule has 2 unspecified atom stereocenters. The van der Waals surface area contributed by atoms with E-state index in [1.807, 2.05) is 24.5 Å². The maximum absolute atomic E-state index is 12.1. The molecular weight excluding hydrogens is 308 g/mol. The maximum atomic E-state index is 12.1. The average molecular weight is 329 g/mol. The number of hydrogen-bond acceptors (Lipinski definition) is 3. The zero-order chi connectivity index (χ0) is 15.2. The number of rotatable bonds is 6. The van der Waals surface area contributed by atoms with Crippen LogP contribution < -0.4 is 10.6 Å². The summed E-state index contributed by atoms with van der Waals surface area (Å²) < 4.78 is 0. The van der Waals surface area contributed by atoms with Crippen LogP contribution in [-0.2, 0) is 6.42 Å². The molecule has 1 aliphatic carbocycles. The number of benzene rings is 1. The molecule has 2 amide bonds. The van der Waals surface area contributed by atoms with E-state index in [9.17, 15) is 4.79 Å². The molecule has 2 rings (SSSR count). The second-order valence-electron chi connectivity index (χ2n) is 5.18. The van der Waals surface area contributed by atoms with Gasteiger partial charge in [0.1, 0.15) is 0 Å². The van der Waals surface area contributed by atoms with Crippen LogP contribution >= 0.6 is 23.4 Å². The van der Waals surface area contributed by atoms with E-state index < -0.39 is 0 Å². The second-order valence-corrected chi connectivity index (χ2v) is 6.50. The molecule has 2 atom stereocenters. The lowest BCUT2D eigenvalue weighted by molar-refractivity contribution is 0.228. The molecule has 0 fully saturated rings. The van der Waals surface area contributed by atoms with Crippen LogP contribution in [0.25, 0.3) is 0 Å². The summed E-state index contributed by atoms with van der Waals surface area (Å²) in [5.41, 5.74) is 2.25. The lowest BCUT2D eigenvalue weighted by Crippen LogP contribution is -2.44. The Bertz CT molecular complexity index is 493. The fourth-order valence-corrected chi connectivity index (χ4v) is 3.63. The molecule has 1 aromatic rings. The third kappa shape index (κ3) is 4.28. The molecule has 0 heterocycles. The molecule has 1 aliphatic rings. The van der Waals surface area contributed by atoms with Gasteiger partial charge < -0.3 is 15.7 Å². The van der Waals surface area contributed by atoms with Gasteiger partial charge in [0, 0.05) is 23.4 Å². The quantitative estimate of drug-likeness (QED) is 0.752. The normalized spacial score (nSPS) is 18.1. The minimum Gasteiger partial charge on any atom is -0.396 e. The summed E-state index contributed by atoms with van der Waals surface area (Å²) in [5, 5.41) is 15.7. The van der Waals surface area contributed by atoms with E-state index in [0.717, 1.165) is 34.7 Å². The number of amides is 2. The van der Waals surface area contributed by atoms with E-state index >= 15 is 0 Å².